The van der Waals surface area contributed by atoms with E-state index in [0.717, 1.165) is 50.0 Å². The molecule has 0 aliphatic carbocycles. The summed E-state index contributed by atoms with van der Waals surface area (Å²) in [5, 5.41) is 9.57. The first-order valence-electron chi connectivity index (χ1n) is 15.9. The Bertz CT molecular complexity index is 1720. The second-order valence-electron chi connectivity index (χ2n) is 12.2. The van der Waals surface area contributed by atoms with Crippen LogP contribution in [-0.2, 0) is 32.4 Å². The Morgan fingerprint density at radius 3 is 2.04 bits per heavy atom. The highest BCUT2D eigenvalue weighted by atomic mass is 16.5. The van der Waals surface area contributed by atoms with Crippen molar-refractivity contribution in [1.29, 1.82) is 0 Å². The molecule has 0 saturated heterocycles. The first-order chi connectivity index (χ1) is 22.8. The molecule has 47 heavy (non-hydrogen) atoms. The molecule has 0 aromatic heterocycles. The fourth-order valence-electron chi connectivity index (χ4n) is 6.61. The second-order valence-corrected chi connectivity index (χ2v) is 12.2. The number of nitrogens with zero attached hydrogens (tertiary/aromatic N) is 2. The highest BCUT2D eigenvalue weighted by Gasteiger charge is 2.30. The number of benzene rings is 4. The molecule has 0 fully saturated rings. The lowest BCUT2D eigenvalue weighted by molar-refractivity contribution is 0.228. The van der Waals surface area contributed by atoms with E-state index in [4.69, 9.17) is 28.4 Å². The van der Waals surface area contributed by atoms with Gasteiger partial charge in [0, 0.05) is 31.2 Å². The van der Waals surface area contributed by atoms with Crippen LogP contribution >= 0.6 is 0 Å². The molecule has 0 unspecified atom stereocenters. The third-order valence-electron chi connectivity index (χ3n) is 9.27. The van der Waals surface area contributed by atoms with Crippen molar-refractivity contribution in [1.82, 2.24) is 9.80 Å². The summed E-state index contributed by atoms with van der Waals surface area (Å²) < 4.78 is 35.9. The summed E-state index contributed by atoms with van der Waals surface area (Å²) in [5.41, 5.74) is 6.72. The number of methoxy groups -OCH3 is 4. The zero-order valence-electron chi connectivity index (χ0n) is 28.1. The van der Waals surface area contributed by atoms with Crippen LogP contribution in [0.3, 0.4) is 0 Å². The van der Waals surface area contributed by atoms with Gasteiger partial charge in [-0.3, -0.25) is 4.90 Å². The molecule has 248 valence electrons. The van der Waals surface area contributed by atoms with Crippen LogP contribution in [0.5, 0.6) is 46.0 Å². The molecule has 2 heterocycles. The van der Waals surface area contributed by atoms with E-state index >= 15 is 0 Å². The number of aliphatic hydroxyl groups is 1. The molecule has 0 spiro atoms. The summed E-state index contributed by atoms with van der Waals surface area (Å²) in [4.78, 5) is 4.69. The van der Waals surface area contributed by atoms with Crippen LogP contribution in [0.25, 0.3) is 0 Å². The lowest BCUT2D eigenvalue weighted by Gasteiger charge is -2.35. The number of hydrogen-bond acceptors (Lipinski definition) is 9. The first-order valence-corrected chi connectivity index (χ1v) is 15.9. The topological polar surface area (TPSA) is 82.1 Å². The number of ether oxygens (including phenoxy) is 6. The summed E-state index contributed by atoms with van der Waals surface area (Å²) in [5.74, 6) is 5.12. The molecule has 6 rings (SSSR count). The van der Waals surface area contributed by atoms with Gasteiger partial charge in [-0.25, -0.2) is 0 Å². The van der Waals surface area contributed by atoms with Crippen LogP contribution < -0.4 is 28.4 Å². The van der Waals surface area contributed by atoms with Crippen molar-refractivity contribution in [3.8, 4) is 46.0 Å². The summed E-state index contributed by atoms with van der Waals surface area (Å²) in [6.45, 7) is 2.59. The predicted molar refractivity (Wildman–Crippen MR) is 181 cm³/mol. The average Bonchev–Trinajstić information content (AvgIpc) is 3.09. The molecular weight excluding hydrogens is 596 g/mol. The molecule has 9 heteroatoms. The summed E-state index contributed by atoms with van der Waals surface area (Å²) in [7, 11) is 10.9. The van der Waals surface area contributed by atoms with Crippen LogP contribution in [0.1, 0.15) is 39.4 Å². The van der Waals surface area contributed by atoms with E-state index in [1.807, 2.05) is 18.2 Å². The molecule has 2 aliphatic rings. The van der Waals surface area contributed by atoms with Crippen LogP contribution in [-0.4, -0.2) is 70.5 Å². The molecule has 9 nitrogen and oxygen atoms in total. The number of hydrogen-bond donors (Lipinski definition) is 1. The summed E-state index contributed by atoms with van der Waals surface area (Å²) in [6.07, 6.45) is 2.63. The van der Waals surface area contributed by atoms with Crippen LogP contribution in [0.4, 0.5) is 0 Å². The lowest BCUT2D eigenvalue weighted by Crippen LogP contribution is -2.33. The van der Waals surface area contributed by atoms with Crippen molar-refractivity contribution in [2.45, 2.75) is 38.5 Å². The summed E-state index contributed by atoms with van der Waals surface area (Å²) in [6, 6.07) is 20.0. The maximum atomic E-state index is 9.57. The van der Waals surface area contributed by atoms with Crippen molar-refractivity contribution in [2.75, 3.05) is 55.6 Å². The zero-order valence-corrected chi connectivity index (χ0v) is 28.1. The third kappa shape index (κ3) is 6.70. The largest absolute Gasteiger partial charge is 0.493 e. The Hall–Kier alpha value is -4.44. The molecule has 4 aromatic carbocycles. The van der Waals surface area contributed by atoms with Gasteiger partial charge in [0.1, 0.15) is 5.75 Å². The maximum Gasteiger partial charge on any atom is 0.204 e. The molecule has 4 aromatic rings. The maximum absolute atomic E-state index is 9.57. The molecule has 1 atom stereocenters. The van der Waals surface area contributed by atoms with Crippen molar-refractivity contribution < 1.29 is 33.5 Å². The van der Waals surface area contributed by atoms with E-state index in [9.17, 15) is 5.11 Å². The molecule has 0 amide bonds. The van der Waals surface area contributed by atoms with E-state index in [1.165, 1.54) is 22.3 Å². The normalized spacial score (nSPS) is 16.2. The molecule has 2 aliphatic heterocycles. The van der Waals surface area contributed by atoms with Gasteiger partial charge in [0.15, 0.2) is 34.5 Å². The van der Waals surface area contributed by atoms with E-state index in [1.54, 1.807) is 40.6 Å². The fraction of sp³-hybridized carbons (Fsp3) is 0.368. The van der Waals surface area contributed by atoms with E-state index < -0.39 is 0 Å². The zero-order chi connectivity index (χ0) is 33.1. The fourth-order valence-corrected chi connectivity index (χ4v) is 6.61. The number of likely N-dealkylation sites (N-methyl/N-ethyl adjacent to an activating group) is 2. The number of aliphatic hydroxyl groups excluding tert-OH is 1. The van der Waals surface area contributed by atoms with E-state index in [-0.39, 0.29) is 12.6 Å². The van der Waals surface area contributed by atoms with Crippen molar-refractivity contribution >= 4 is 0 Å². The van der Waals surface area contributed by atoms with Gasteiger partial charge in [-0.15, -0.1) is 0 Å². The van der Waals surface area contributed by atoms with Gasteiger partial charge in [-0.2, -0.15) is 0 Å². The van der Waals surface area contributed by atoms with Gasteiger partial charge in [0.2, 0.25) is 5.75 Å². The first kappa shape index (κ1) is 32.5. The molecule has 0 radical (unpaired) electrons. The Labute approximate surface area is 277 Å². The molecule has 0 saturated carbocycles. The Morgan fingerprint density at radius 2 is 1.34 bits per heavy atom. The smallest absolute Gasteiger partial charge is 0.204 e. The SMILES string of the molecule is COc1ccc(CO)cc1Oc1ccc(C[C@@H]2c3cc(Oc4c5c(cc(OC)c4OC)CCN(C)C5)c(OC)cc3CCN2C)cc1. The third-order valence-corrected chi connectivity index (χ3v) is 9.27. The van der Waals surface area contributed by atoms with Gasteiger partial charge >= 0.3 is 0 Å². The molecule has 1 N–H and O–H groups in total. The Morgan fingerprint density at radius 1 is 0.660 bits per heavy atom. The number of fused-ring (bicyclic) bond motifs is 2. The summed E-state index contributed by atoms with van der Waals surface area (Å²) >= 11 is 0. The highest BCUT2D eigenvalue weighted by molar-refractivity contribution is 5.62. The Balaban J connectivity index is 1.30. The van der Waals surface area contributed by atoms with Crippen LogP contribution in [0.15, 0.2) is 60.7 Å². The number of rotatable bonds is 11. The second kappa shape index (κ2) is 14.1. The lowest BCUT2D eigenvalue weighted by atomic mass is 9.88. The average molecular weight is 641 g/mol. The standard InChI is InChI=1S/C38H44N2O7/c1-39-15-13-27-20-36(44-5)38(45-6)37(30(27)22-39)47-35-21-29-26(19-33(35)43-4)14-16-40(2)31(29)17-24-7-10-28(11-8-24)46-34-18-25(23-41)9-12-32(34)42-3/h7-12,18-21,31,41H,13-17,22-23H2,1-6H3/t31-/m1/s1. The van der Waals surface area contributed by atoms with Crippen LogP contribution in [0.2, 0.25) is 0 Å². The molecule has 0 bridgehead atoms. The molecular formula is C38H44N2O7. The van der Waals surface area contributed by atoms with Gasteiger partial charge in [-0.05, 0) is 104 Å². The van der Waals surface area contributed by atoms with E-state index in [0.29, 0.717) is 46.0 Å². The minimum absolute atomic E-state index is 0.0685. The van der Waals surface area contributed by atoms with Gasteiger partial charge in [0.25, 0.3) is 0 Å². The highest BCUT2D eigenvalue weighted by Crippen LogP contribution is 2.48. The minimum Gasteiger partial charge on any atom is -0.493 e. The van der Waals surface area contributed by atoms with Crippen LogP contribution in [0, 0.1) is 0 Å². The van der Waals surface area contributed by atoms with Gasteiger partial charge < -0.3 is 38.4 Å². The van der Waals surface area contributed by atoms with Crippen molar-refractivity contribution in [3.05, 3.63) is 94.0 Å². The van der Waals surface area contributed by atoms with Gasteiger partial charge in [-0.1, -0.05) is 18.2 Å². The van der Waals surface area contributed by atoms with Crippen molar-refractivity contribution in [2.24, 2.45) is 0 Å². The Kier molecular flexibility index (Phi) is 9.77. The minimum atomic E-state index is -0.0685. The van der Waals surface area contributed by atoms with Gasteiger partial charge in [0.05, 0.1) is 35.0 Å². The predicted octanol–water partition coefficient (Wildman–Crippen LogP) is 6.56. The monoisotopic (exact) mass is 640 g/mol. The van der Waals surface area contributed by atoms with E-state index in [2.05, 4.69) is 54.2 Å². The van der Waals surface area contributed by atoms with Crippen molar-refractivity contribution in [3.63, 3.8) is 0 Å². The quantitative estimate of drug-likeness (QED) is 0.196.